The maximum absolute atomic E-state index is 11.7. The third-order valence-electron chi connectivity index (χ3n) is 4.27. The second-order valence-electron chi connectivity index (χ2n) is 6.15. The Morgan fingerprint density at radius 1 is 1.40 bits per heavy atom. The van der Waals surface area contributed by atoms with Crippen molar-refractivity contribution in [3.8, 4) is 0 Å². The average molecular weight is 278 g/mol. The average Bonchev–Trinajstić information content (AvgIpc) is 3.02. The molecular weight excluding hydrogens is 252 g/mol. The molecule has 1 aliphatic rings. The molecule has 2 rings (SSSR count). The molecule has 1 aromatic heterocycles. The SMILES string of the molecule is Cc1nccn1CCCNC(=O)NCC1(C)CCCC1. The summed E-state index contributed by atoms with van der Waals surface area (Å²) in [4.78, 5) is 15.9. The zero-order valence-corrected chi connectivity index (χ0v) is 12.6. The van der Waals surface area contributed by atoms with Crippen molar-refractivity contribution < 1.29 is 4.79 Å². The van der Waals surface area contributed by atoms with Gasteiger partial charge in [0.1, 0.15) is 5.82 Å². The first-order valence-corrected chi connectivity index (χ1v) is 7.59. The number of rotatable bonds is 6. The Hall–Kier alpha value is -1.52. The third kappa shape index (κ3) is 4.25. The van der Waals surface area contributed by atoms with Crippen LogP contribution >= 0.6 is 0 Å². The second-order valence-corrected chi connectivity index (χ2v) is 6.15. The van der Waals surface area contributed by atoms with Crippen LogP contribution in [0.1, 0.15) is 44.9 Å². The van der Waals surface area contributed by atoms with Crippen molar-refractivity contribution in [2.24, 2.45) is 5.41 Å². The molecule has 2 amide bonds. The van der Waals surface area contributed by atoms with Gasteiger partial charge < -0.3 is 15.2 Å². The van der Waals surface area contributed by atoms with Crippen molar-refractivity contribution in [2.45, 2.75) is 52.5 Å². The molecule has 0 radical (unpaired) electrons. The van der Waals surface area contributed by atoms with Gasteiger partial charge in [-0.25, -0.2) is 9.78 Å². The van der Waals surface area contributed by atoms with Crippen LogP contribution in [0.3, 0.4) is 0 Å². The first-order valence-electron chi connectivity index (χ1n) is 7.59. The number of aromatic nitrogens is 2. The van der Waals surface area contributed by atoms with E-state index in [0.29, 0.717) is 12.0 Å². The Bertz CT molecular complexity index is 435. The minimum atomic E-state index is -0.0412. The number of hydrogen-bond acceptors (Lipinski definition) is 2. The summed E-state index contributed by atoms with van der Waals surface area (Å²) in [5.74, 6) is 1.02. The van der Waals surface area contributed by atoms with Crippen LogP contribution in [-0.4, -0.2) is 28.7 Å². The van der Waals surface area contributed by atoms with Crippen LogP contribution in [-0.2, 0) is 6.54 Å². The number of nitrogens with one attached hydrogen (secondary N) is 2. The zero-order valence-electron chi connectivity index (χ0n) is 12.6. The molecule has 1 aliphatic carbocycles. The molecular formula is C15H26N4O. The van der Waals surface area contributed by atoms with Crippen molar-refractivity contribution in [3.05, 3.63) is 18.2 Å². The van der Waals surface area contributed by atoms with Crippen LogP contribution in [0.2, 0.25) is 0 Å². The Kier molecular flexibility index (Phi) is 5.04. The van der Waals surface area contributed by atoms with E-state index < -0.39 is 0 Å². The fourth-order valence-electron chi connectivity index (χ4n) is 2.85. The lowest BCUT2D eigenvalue weighted by molar-refractivity contribution is 0.231. The third-order valence-corrected chi connectivity index (χ3v) is 4.27. The standard InChI is InChI=1S/C15H26N4O/c1-13-16-9-11-19(13)10-5-8-17-14(20)18-12-15(2)6-3-4-7-15/h9,11H,3-8,10,12H2,1-2H3,(H2,17,18,20). The molecule has 20 heavy (non-hydrogen) atoms. The van der Waals surface area contributed by atoms with Crippen LogP contribution in [0, 0.1) is 12.3 Å². The van der Waals surface area contributed by atoms with Gasteiger partial charge in [-0.2, -0.15) is 0 Å². The Balaban J connectivity index is 1.57. The van der Waals surface area contributed by atoms with Crippen LogP contribution in [0.15, 0.2) is 12.4 Å². The summed E-state index contributed by atoms with van der Waals surface area (Å²) in [6.07, 6.45) is 9.74. The number of hydrogen-bond donors (Lipinski definition) is 2. The van der Waals surface area contributed by atoms with Crippen molar-refractivity contribution in [1.82, 2.24) is 20.2 Å². The highest BCUT2D eigenvalue weighted by atomic mass is 16.2. The molecule has 0 saturated heterocycles. The van der Waals surface area contributed by atoms with Gasteiger partial charge >= 0.3 is 6.03 Å². The normalized spacial score (nSPS) is 17.1. The smallest absolute Gasteiger partial charge is 0.314 e. The highest BCUT2D eigenvalue weighted by molar-refractivity contribution is 5.73. The summed E-state index contributed by atoms with van der Waals surface area (Å²) in [5, 5.41) is 5.92. The van der Waals surface area contributed by atoms with E-state index in [1.807, 2.05) is 13.1 Å². The molecule has 0 atom stereocenters. The van der Waals surface area contributed by atoms with E-state index in [4.69, 9.17) is 0 Å². The Morgan fingerprint density at radius 3 is 2.80 bits per heavy atom. The van der Waals surface area contributed by atoms with Gasteiger partial charge in [-0.1, -0.05) is 19.8 Å². The van der Waals surface area contributed by atoms with E-state index in [1.165, 1.54) is 25.7 Å². The molecule has 1 fully saturated rings. The largest absolute Gasteiger partial charge is 0.338 e. The van der Waals surface area contributed by atoms with Gasteiger partial charge in [0.15, 0.2) is 0 Å². The number of carbonyl (C=O) groups is 1. The molecule has 1 aromatic rings. The first-order chi connectivity index (χ1) is 9.59. The lowest BCUT2D eigenvalue weighted by atomic mass is 9.89. The van der Waals surface area contributed by atoms with E-state index in [1.54, 1.807) is 6.20 Å². The summed E-state index contributed by atoms with van der Waals surface area (Å²) >= 11 is 0. The predicted molar refractivity (Wildman–Crippen MR) is 79.6 cm³/mol. The van der Waals surface area contributed by atoms with Crippen molar-refractivity contribution in [2.75, 3.05) is 13.1 Å². The molecule has 0 bridgehead atoms. The number of carbonyl (C=O) groups excluding carboxylic acids is 1. The predicted octanol–water partition coefficient (Wildman–Crippen LogP) is 2.46. The topological polar surface area (TPSA) is 59.0 Å². The molecule has 5 heteroatoms. The highest BCUT2D eigenvalue weighted by Gasteiger charge is 2.28. The lowest BCUT2D eigenvalue weighted by Crippen LogP contribution is -2.41. The van der Waals surface area contributed by atoms with Gasteiger partial charge in [-0.3, -0.25) is 0 Å². The van der Waals surface area contributed by atoms with E-state index in [-0.39, 0.29) is 6.03 Å². The molecule has 0 spiro atoms. The summed E-state index contributed by atoms with van der Waals surface area (Å²) in [7, 11) is 0. The van der Waals surface area contributed by atoms with Crippen molar-refractivity contribution in [3.63, 3.8) is 0 Å². The van der Waals surface area contributed by atoms with Crippen molar-refractivity contribution >= 4 is 6.03 Å². The summed E-state index contributed by atoms with van der Waals surface area (Å²) in [6.45, 7) is 6.63. The maximum atomic E-state index is 11.7. The molecule has 0 aliphatic heterocycles. The second kappa shape index (κ2) is 6.77. The molecule has 1 saturated carbocycles. The number of imidazole rings is 1. The fourth-order valence-corrected chi connectivity index (χ4v) is 2.85. The molecule has 2 N–H and O–H groups in total. The van der Waals surface area contributed by atoms with Crippen LogP contribution in [0.25, 0.3) is 0 Å². The number of urea groups is 1. The monoisotopic (exact) mass is 278 g/mol. The maximum Gasteiger partial charge on any atom is 0.314 e. The summed E-state index contributed by atoms with van der Waals surface area (Å²) < 4.78 is 2.10. The lowest BCUT2D eigenvalue weighted by Gasteiger charge is -2.23. The number of amides is 2. The van der Waals surface area contributed by atoms with E-state index in [2.05, 4.69) is 27.1 Å². The minimum absolute atomic E-state index is 0.0412. The zero-order chi connectivity index (χ0) is 14.4. The van der Waals surface area contributed by atoms with Gasteiger partial charge in [0.25, 0.3) is 0 Å². The van der Waals surface area contributed by atoms with Crippen LogP contribution in [0.4, 0.5) is 4.79 Å². The van der Waals surface area contributed by atoms with Crippen LogP contribution in [0.5, 0.6) is 0 Å². The van der Waals surface area contributed by atoms with E-state index in [9.17, 15) is 4.79 Å². The first kappa shape index (κ1) is 14.9. The van der Waals surface area contributed by atoms with E-state index >= 15 is 0 Å². The van der Waals surface area contributed by atoms with Crippen molar-refractivity contribution in [1.29, 1.82) is 0 Å². The molecule has 0 unspecified atom stereocenters. The molecule has 0 aromatic carbocycles. The minimum Gasteiger partial charge on any atom is -0.338 e. The van der Waals surface area contributed by atoms with Gasteiger partial charge in [0.2, 0.25) is 0 Å². The number of aryl methyl sites for hydroxylation is 2. The fraction of sp³-hybridized carbons (Fsp3) is 0.733. The Labute approximate surface area is 121 Å². The molecule has 112 valence electrons. The number of nitrogens with zero attached hydrogens (tertiary/aromatic N) is 2. The summed E-state index contributed by atoms with van der Waals surface area (Å²) in [6, 6.07) is -0.0412. The molecule has 1 heterocycles. The highest BCUT2D eigenvalue weighted by Crippen LogP contribution is 2.36. The van der Waals surface area contributed by atoms with E-state index in [0.717, 1.165) is 25.3 Å². The quantitative estimate of drug-likeness (QED) is 0.785. The van der Waals surface area contributed by atoms with Gasteiger partial charge in [-0.05, 0) is 31.6 Å². The van der Waals surface area contributed by atoms with Gasteiger partial charge in [0, 0.05) is 32.0 Å². The summed E-state index contributed by atoms with van der Waals surface area (Å²) in [5.41, 5.74) is 0.311. The van der Waals surface area contributed by atoms with Crippen LogP contribution < -0.4 is 10.6 Å². The molecule has 5 nitrogen and oxygen atoms in total. The Morgan fingerprint density at radius 2 is 2.15 bits per heavy atom. The van der Waals surface area contributed by atoms with Gasteiger partial charge in [0.05, 0.1) is 0 Å². The van der Waals surface area contributed by atoms with Gasteiger partial charge in [-0.15, -0.1) is 0 Å².